The summed E-state index contributed by atoms with van der Waals surface area (Å²) < 4.78 is 0. The van der Waals surface area contributed by atoms with Crippen molar-refractivity contribution < 1.29 is 14.4 Å². The lowest BCUT2D eigenvalue weighted by Gasteiger charge is -2.11. The van der Waals surface area contributed by atoms with Crippen molar-refractivity contribution >= 4 is 46.5 Å². The molecular formula is C23H21N3O3S. The van der Waals surface area contributed by atoms with Gasteiger partial charge in [-0.15, -0.1) is 11.8 Å². The predicted molar refractivity (Wildman–Crippen MR) is 121 cm³/mol. The molecule has 0 atom stereocenters. The minimum Gasteiger partial charge on any atom is -0.326 e. The van der Waals surface area contributed by atoms with Crippen LogP contribution < -0.4 is 16.0 Å². The quantitative estimate of drug-likeness (QED) is 0.487. The Morgan fingerprint density at radius 2 is 1.37 bits per heavy atom. The molecular weight excluding hydrogens is 398 g/mol. The summed E-state index contributed by atoms with van der Waals surface area (Å²) in [6, 6.07) is 23.3. The van der Waals surface area contributed by atoms with Gasteiger partial charge in [0.2, 0.25) is 11.8 Å². The fraction of sp³-hybridized carbons (Fsp3) is 0.0870. The molecule has 0 saturated carbocycles. The summed E-state index contributed by atoms with van der Waals surface area (Å²) in [4.78, 5) is 37.0. The van der Waals surface area contributed by atoms with E-state index in [1.807, 2.05) is 30.3 Å². The normalized spacial score (nSPS) is 10.2. The molecule has 0 fully saturated rings. The van der Waals surface area contributed by atoms with Crippen LogP contribution in [0.1, 0.15) is 17.3 Å². The van der Waals surface area contributed by atoms with Crippen LogP contribution in [0.15, 0.2) is 83.8 Å². The second kappa shape index (κ2) is 10.3. The van der Waals surface area contributed by atoms with Crippen LogP contribution in [0.5, 0.6) is 0 Å². The Bertz CT molecular complexity index is 1040. The van der Waals surface area contributed by atoms with E-state index in [1.165, 1.54) is 18.7 Å². The van der Waals surface area contributed by atoms with Crippen molar-refractivity contribution in [2.24, 2.45) is 0 Å². The maximum atomic E-state index is 12.6. The van der Waals surface area contributed by atoms with Crippen LogP contribution in [0, 0.1) is 0 Å². The number of para-hydroxylation sites is 2. The number of hydrogen-bond acceptors (Lipinski definition) is 4. The summed E-state index contributed by atoms with van der Waals surface area (Å²) in [5.74, 6) is -0.456. The molecule has 3 aromatic rings. The maximum Gasteiger partial charge on any atom is 0.257 e. The summed E-state index contributed by atoms with van der Waals surface area (Å²) in [6.07, 6.45) is 0. The zero-order valence-corrected chi connectivity index (χ0v) is 17.2. The van der Waals surface area contributed by atoms with E-state index >= 15 is 0 Å². The molecule has 6 nitrogen and oxygen atoms in total. The van der Waals surface area contributed by atoms with E-state index in [4.69, 9.17) is 0 Å². The van der Waals surface area contributed by atoms with Gasteiger partial charge in [0.25, 0.3) is 5.91 Å². The fourth-order valence-electron chi connectivity index (χ4n) is 2.68. The molecule has 0 heterocycles. The van der Waals surface area contributed by atoms with Crippen LogP contribution in [0.2, 0.25) is 0 Å². The topological polar surface area (TPSA) is 87.3 Å². The van der Waals surface area contributed by atoms with Gasteiger partial charge in [-0.25, -0.2) is 0 Å². The van der Waals surface area contributed by atoms with Crippen LogP contribution in [-0.2, 0) is 9.59 Å². The van der Waals surface area contributed by atoms with E-state index < -0.39 is 0 Å². The first kappa shape index (κ1) is 21.1. The summed E-state index contributed by atoms with van der Waals surface area (Å²) >= 11 is 1.37. The van der Waals surface area contributed by atoms with Gasteiger partial charge in [-0.1, -0.05) is 30.3 Å². The van der Waals surface area contributed by atoms with Crippen molar-refractivity contribution in [1.29, 1.82) is 0 Å². The highest BCUT2D eigenvalue weighted by Gasteiger charge is 2.13. The third-order valence-corrected chi connectivity index (χ3v) is 5.03. The highest BCUT2D eigenvalue weighted by Crippen LogP contribution is 2.22. The Labute approximate surface area is 179 Å². The number of thioether (sulfide) groups is 1. The standard InChI is InChI=1S/C23H21N3O3S/c1-16(27)24-18-11-13-19(14-12-18)30-15-22(28)26-21-10-6-5-9-20(21)23(29)25-17-7-3-2-4-8-17/h2-14H,15H2,1H3,(H,24,27)(H,25,29)(H,26,28). The number of carbonyl (C=O) groups excluding carboxylic acids is 3. The van der Waals surface area contributed by atoms with Crippen molar-refractivity contribution in [1.82, 2.24) is 0 Å². The van der Waals surface area contributed by atoms with Crippen LogP contribution in [0.25, 0.3) is 0 Å². The molecule has 3 amide bonds. The average Bonchev–Trinajstić information content (AvgIpc) is 2.74. The molecule has 3 N–H and O–H groups in total. The third-order valence-electron chi connectivity index (χ3n) is 4.02. The minimum atomic E-state index is -0.293. The average molecular weight is 420 g/mol. The summed E-state index contributed by atoms with van der Waals surface area (Å²) in [5, 5.41) is 8.33. The third kappa shape index (κ3) is 6.22. The molecule has 0 aliphatic heterocycles. The van der Waals surface area contributed by atoms with E-state index in [0.717, 1.165) is 4.90 Å². The smallest absolute Gasteiger partial charge is 0.257 e. The van der Waals surface area contributed by atoms with Crippen molar-refractivity contribution in [3.05, 3.63) is 84.4 Å². The number of carbonyl (C=O) groups is 3. The fourth-order valence-corrected chi connectivity index (χ4v) is 3.38. The van der Waals surface area contributed by atoms with E-state index in [9.17, 15) is 14.4 Å². The molecule has 0 bridgehead atoms. The van der Waals surface area contributed by atoms with Gasteiger partial charge in [-0.05, 0) is 48.5 Å². The second-order valence-electron chi connectivity index (χ2n) is 6.41. The molecule has 152 valence electrons. The van der Waals surface area contributed by atoms with Crippen molar-refractivity contribution in [3.8, 4) is 0 Å². The molecule has 0 saturated heterocycles. The lowest BCUT2D eigenvalue weighted by atomic mass is 10.1. The van der Waals surface area contributed by atoms with E-state index in [1.54, 1.807) is 48.5 Å². The highest BCUT2D eigenvalue weighted by molar-refractivity contribution is 8.00. The van der Waals surface area contributed by atoms with Crippen LogP contribution in [0.4, 0.5) is 17.1 Å². The van der Waals surface area contributed by atoms with Gasteiger partial charge in [0, 0.05) is 23.2 Å². The molecule has 0 aliphatic carbocycles. The monoisotopic (exact) mass is 419 g/mol. The molecule has 0 aliphatic rings. The number of anilines is 3. The molecule has 30 heavy (non-hydrogen) atoms. The summed E-state index contributed by atoms with van der Waals surface area (Å²) in [6.45, 7) is 1.45. The van der Waals surface area contributed by atoms with Crippen molar-refractivity contribution in [2.75, 3.05) is 21.7 Å². The van der Waals surface area contributed by atoms with Gasteiger partial charge >= 0.3 is 0 Å². The van der Waals surface area contributed by atoms with E-state index in [0.29, 0.717) is 22.6 Å². The second-order valence-corrected chi connectivity index (χ2v) is 7.46. The molecule has 3 rings (SSSR count). The van der Waals surface area contributed by atoms with Gasteiger partial charge in [0.15, 0.2) is 0 Å². The Balaban J connectivity index is 1.59. The Hall–Kier alpha value is -3.58. The predicted octanol–water partition coefficient (Wildman–Crippen LogP) is 4.63. The first-order valence-electron chi connectivity index (χ1n) is 9.27. The van der Waals surface area contributed by atoms with E-state index in [-0.39, 0.29) is 23.5 Å². The molecule has 3 aromatic carbocycles. The number of benzene rings is 3. The SMILES string of the molecule is CC(=O)Nc1ccc(SCC(=O)Nc2ccccc2C(=O)Nc2ccccc2)cc1. The summed E-state index contributed by atoms with van der Waals surface area (Å²) in [5.41, 5.74) is 2.23. The van der Waals surface area contributed by atoms with Crippen LogP contribution in [0.3, 0.4) is 0 Å². The number of hydrogen-bond donors (Lipinski definition) is 3. The van der Waals surface area contributed by atoms with Gasteiger partial charge < -0.3 is 16.0 Å². The van der Waals surface area contributed by atoms with Crippen molar-refractivity contribution in [3.63, 3.8) is 0 Å². The first-order chi connectivity index (χ1) is 14.5. The number of amides is 3. The van der Waals surface area contributed by atoms with Gasteiger partial charge in [-0.2, -0.15) is 0 Å². The van der Waals surface area contributed by atoms with Gasteiger partial charge in [0.05, 0.1) is 17.0 Å². The molecule has 0 radical (unpaired) electrons. The molecule has 0 aromatic heterocycles. The molecule has 7 heteroatoms. The summed E-state index contributed by atoms with van der Waals surface area (Å²) in [7, 11) is 0. The lowest BCUT2D eigenvalue weighted by molar-refractivity contribution is -0.114. The van der Waals surface area contributed by atoms with Gasteiger partial charge in [0.1, 0.15) is 0 Å². The Morgan fingerprint density at radius 3 is 2.07 bits per heavy atom. The first-order valence-corrected chi connectivity index (χ1v) is 10.3. The van der Waals surface area contributed by atoms with Crippen LogP contribution >= 0.6 is 11.8 Å². The molecule has 0 unspecified atom stereocenters. The Morgan fingerprint density at radius 1 is 0.733 bits per heavy atom. The van der Waals surface area contributed by atoms with Gasteiger partial charge in [-0.3, -0.25) is 14.4 Å². The minimum absolute atomic E-state index is 0.134. The largest absolute Gasteiger partial charge is 0.326 e. The Kier molecular flexibility index (Phi) is 7.24. The lowest BCUT2D eigenvalue weighted by Crippen LogP contribution is -2.19. The highest BCUT2D eigenvalue weighted by atomic mass is 32.2. The maximum absolute atomic E-state index is 12.6. The zero-order chi connectivity index (χ0) is 21.3. The molecule has 0 spiro atoms. The van der Waals surface area contributed by atoms with Crippen molar-refractivity contribution in [2.45, 2.75) is 11.8 Å². The zero-order valence-electron chi connectivity index (χ0n) is 16.3. The van der Waals surface area contributed by atoms with Crippen LogP contribution in [-0.4, -0.2) is 23.5 Å². The number of rotatable bonds is 7. The number of nitrogens with one attached hydrogen (secondary N) is 3. The van der Waals surface area contributed by atoms with E-state index in [2.05, 4.69) is 16.0 Å².